The number of rotatable bonds is 5. The summed E-state index contributed by atoms with van der Waals surface area (Å²) in [6, 6.07) is 0. The average molecular weight is 303 g/mol. The fraction of sp³-hybridized carbons (Fsp3) is 0.444. The molecule has 0 aliphatic heterocycles. The molecule has 3 N–H and O–H groups in total. The first kappa shape index (κ1) is 14.9. The Morgan fingerprint density at radius 1 is 1.33 bits per heavy atom. The van der Waals surface area contributed by atoms with Gasteiger partial charge in [0.05, 0.1) is 6.42 Å². The van der Waals surface area contributed by atoms with E-state index in [2.05, 4.69) is 30.5 Å². The van der Waals surface area contributed by atoms with Gasteiger partial charge >= 0.3 is 6.18 Å². The second-order valence-electron chi connectivity index (χ2n) is 4.03. The average Bonchev–Trinajstić information content (AvgIpc) is 2.97. The van der Waals surface area contributed by atoms with E-state index < -0.39 is 12.6 Å². The van der Waals surface area contributed by atoms with Crippen LogP contribution in [0.1, 0.15) is 6.42 Å². The molecule has 0 atom stereocenters. The van der Waals surface area contributed by atoms with Crippen LogP contribution in [0, 0.1) is 0 Å². The van der Waals surface area contributed by atoms with Gasteiger partial charge in [0, 0.05) is 13.6 Å². The predicted octanol–water partition coefficient (Wildman–Crippen LogP) is 0.127. The van der Waals surface area contributed by atoms with E-state index in [1.54, 1.807) is 0 Å². The molecule has 2 rings (SSSR count). The van der Waals surface area contributed by atoms with Gasteiger partial charge in [-0.25, -0.2) is 10.8 Å². The molecule has 0 amide bonds. The Balaban J connectivity index is 2.24. The standard InChI is InChI=1S/C9H12F3N9/c1-20(3-2-9(10,11)12)7-16-6(19-13)17-8(18-7)21-5-14-4-15-21/h4-5H,2-3,13H2,1H3,(H,16,17,18,19). The summed E-state index contributed by atoms with van der Waals surface area (Å²) in [6.45, 7) is -0.297. The highest BCUT2D eigenvalue weighted by atomic mass is 19.4. The number of nitrogens with one attached hydrogen (secondary N) is 1. The molecule has 0 saturated carbocycles. The van der Waals surface area contributed by atoms with Crippen molar-refractivity contribution in [2.75, 3.05) is 23.9 Å². The van der Waals surface area contributed by atoms with Crippen LogP contribution in [-0.2, 0) is 0 Å². The molecular weight excluding hydrogens is 291 g/mol. The SMILES string of the molecule is CN(CCC(F)(F)F)c1nc(NN)nc(-n2cncn2)n1. The summed E-state index contributed by atoms with van der Waals surface area (Å²) in [5, 5.41) is 3.83. The quantitative estimate of drug-likeness (QED) is 0.592. The topological polar surface area (TPSA) is 111 Å². The van der Waals surface area contributed by atoms with Gasteiger partial charge in [-0.1, -0.05) is 0 Å². The third kappa shape index (κ3) is 3.98. The maximum atomic E-state index is 12.2. The zero-order chi connectivity index (χ0) is 15.5. The van der Waals surface area contributed by atoms with Gasteiger partial charge in [0.15, 0.2) is 0 Å². The molecule has 0 bridgehead atoms. The number of hydrogen-bond acceptors (Lipinski definition) is 8. The largest absolute Gasteiger partial charge is 0.390 e. The molecule has 0 radical (unpaired) electrons. The lowest BCUT2D eigenvalue weighted by Gasteiger charge is -2.18. The Morgan fingerprint density at radius 3 is 2.67 bits per heavy atom. The Kier molecular flexibility index (Phi) is 4.16. The zero-order valence-corrected chi connectivity index (χ0v) is 10.9. The van der Waals surface area contributed by atoms with Crippen LogP contribution in [0.15, 0.2) is 12.7 Å². The zero-order valence-electron chi connectivity index (χ0n) is 10.9. The van der Waals surface area contributed by atoms with Crippen molar-refractivity contribution in [3.63, 3.8) is 0 Å². The van der Waals surface area contributed by atoms with Crippen LogP contribution in [0.25, 0.3) is 5.95 Å². The lowest BCUT2D eigenvalue weighted by Crippen LogP contribution is -2.27. The van der Waals surface area contributed by atoms with Gasteiger partial charge in [-0.3, -0.25) is 5.43 Å². The van der Waals surface area contributed by atoms with Crippen molar-refractivity contribution < 1.29 is 13.2 Å². The predicted molar refractivity (Wildman–Crippen MR) is 66.5 cm³/mol. The maximum absolute atomic E-state index is 12.2. The van der Waals surface area contributed by atoms with E-state index in [1.807, 2.05) is 0 Å². The smallest absolute Gasteiger partial charge is 0.343 e. The number of nitrogen functional groups attached to an aromatic ring is 1. The summed E-state index contributed by atoms with van der Waals surface area (Å²) < 4.78 is 38.0. The highest BCUT2D eigenvalue weighted by Gasteiger charge is 2.27. The number of nitrogens with zero attached hydrogens (tertiary/aromatic N) is 7. The minimum absolute atomic E-state index is 0.00404. The number of nitrogens with two attached hydrogens (primary N) is 1. The number of alkyl halides is 3. The van der Waals surface area contributed by atoms with Crippen LogP contribution in [0.2, 0.25) is 0 Å². The molecule has 0 saturated heterocycles. The number of halogens is 3. The number of aromatic nitrogens is 6. The first-order valence-electron chi connectivity index (χ1n) is 5.74. The lowest BCUT2D eigenvalue weighted by atomic mass is 10.4. The van der Waals surface area contributed by atoms with Gasteiger partial charge in [0.25, 0.3) is 5.95 Å². The molecule has 9 nitrogen and oxygen atoms in total. The summed E-state index contributed by atoms with van der Waals surface area (Å²) >= 11 is 0. The van der Waals surface area contributed by atoms with E-state index in [0.29, 0.717) is 0 Å². The van der Waals surface area contributed by atoms with Crippen LogP contribution in [0.3, 0.4) is 0 Å². The van der Waals surface area contributed by atoms with Crippen LogP contribution in [0.4, 0.5) is 25.1 Å². The van der Waals surface area contributed by atoms with Gasteiger partial charge in [-0.2, -0.15) is 37.9 Å². The van der Waals surface area contributed by atoms with E-state index in [4.69, 9.17) is 5.84 Å². The van der Waals surface area contributed by atoms with E-state index in [1.165, 1.54) is 29.3 Å². The molecule has 2 heterocycles. The molecule has 2 aromatic heterocycles. The summed E-state index contributed by atoms with van der Waals surface area (Å²) in [4.78, 5) is 16.8. The Labute approximate surface area is 117 Å². The van der Waals surface area contributed by atoms with Crippen molar-refractivity contribution >= 4 is 11.9 Å². The van der Waals surface area contributed by atoms with Gasteiger partial charge in [-0.05, 0) is 0 Å². The summed E-state index contributed by atoms with van der Waals surface area (Å²) in [5.41, 5.74) is 2.22. The van der Waals surface area contributed by atoms with Crippen molar-refractivity contribution in [3.8, 4) is 5.95 Å². The van der Waals surface area contributed by atoms with Crippen molar-refractivity contribution in [1.82, 2.24) is 29.7 Å². The molecule has 0 fully saturated rings. The second kappa shape index (κ2) is 5.87. The van der Waals surface area contributed by atoms with Crippen molar-refractivity contribution in [2.24, 2.45) is 5.84 Å². The first-order valence-corrected chi connectivity index (χ1v) is 5.74. The summed E-state index contributed by atoms with van der Waals surface area (Å²) in [6.07, 6.45) is -2.63. The second-order valence-corrected chi connectivity index (χ2v) is 4.03. The van der Waals surface area contributed by atoms with Crippen LogP contribution < -0.4 is 16.2 Å². The summed E-state index contributed by atoms with van der Waals surface area (Å²) in [5.74, 6) is 5.36. The Morgan fingerprint density at radius 2 is 2.10 bits per heavy atom. The Hall–Kier alpha value is -2.50. The highest BCUT2D eigenvalue weighted by Crippen LogP contribution is 2.21. The van der Waals surface area contributed by atoms with Crippen molar-refractivity contribution in [2.45, 2.75) is 12.6 Å². The normalized spacial score (nSPS) is 11.5. The third-order valence-electron chi connectivity index (χ3n) is 2.44. The van der Waals surface area contributed by atoms with Gasteiger partial charge in [0.2, 0.25) is 11.9 Å². The van der Waals surface area contributed by atoms with E-state index in [0.717, 1.165) is 0 Å². The molecule has 12 heteroatoms. The van der Waals surface area contributed by atoms with Crippen LogP contribution >= 0.6 is 0 Å². The highest BCUT2D eigenvalue weighted by molar-refractivity contribution is 5.38. The van der Waals surface area contributed by atoms with E-state index >= 15 is 0 Å². The number of anilines is 2. The molecule has 0 spiro atoms. The minimum atomic E-state index is -4.26. The summed E-state index contributed by atoms with van der Waals surface area (Å²) in [7, 11) is 1.44. The molecule has 0 aromatic carbocycles. The lowest BCUT2D eigenvalue weighted by molar-refractivity contribution is -0.132. The van der Waals surface area contributed by atoms with Crippen molar-refractivity contribution in [1.29, 1.82) is 0 Å². The molecule has 0 aliphatic rings. The number of hydrogen-bond donors (Lipinski definition) is 2. The Bertz CT molecular complexity index is 583. The monoisotopic (exact) mass is 303 g/mol. The molecular formula is C9H12F3N9. The third-order valence-corrected chi connectivity index (χ3v) is 2.44. The first-order chi connectivity index (χ1) is 9.89. The van der Waals surface area contributed by atoms with Crippen molar-refractivity contribution in [3.05, 3.63) is 12.7 Å². The van der Waals surface area contributed by atoms with E-state index in [-0.39, 0.29) is 24.4 Å². The van der Waals surface area contributed by atoms with E-state index in [9.17, 15) is 13.2 Å². The van der Waals surface area contributed by atoms with Gasteiger partial charge in [0.1, 0.15) is 12.7 Å². The molecule has 2 aromatic rings. The minimum Gasteiger partial charge on any atom is -0.343 e. The van der Waals surface area contributed by atoms with Crippen LogP contribution in [-0.4, -0.2) is 49.5 Å². The van der Waals surface area contributed by atoms with Crippen LogP contribution in [0.5, 0.6) is 0 Å². The fourth-order valence-electron chi connectivity index (χ4n) is 1.40. The molecule has 21 heavy (non-hydrogen) atoms. The van der Waals surface area contributed by atoms with Gasteiger partial charge < -0.3 is 4.90 Å². The molecule has 0 unspecified atom stereocenters. The molecule has 114 valence electrons. The maximum Gasteiger partial charge on any atom is 0.390 e. The van der Waals surface area contributed by atoms with Gasteiger partial charge in [-0.15, -0.1) is 0 Å². The number of hydrazine groups is 1. The fourth-order valence-corrected chi connectivity index (χ4v) is 1.40. The molecule has 0 aliphatic carbocycles.